The normalized spacial score (nSPS) is 12.8. The highest BCUT2D eigenvalue weighted by Crippen LogP contribution is 2.27. The third-order valence-electron chi connectivity index (χ3n) is 3.36. The highest BCUT2D eigenvalue weighted by atomic mass is 19.1. The molecule has 0 aliphatic heterocycles. The van der Waals surface area contributed by atoms with Crippen LogP contribution in [0.1, 0.15) is 17.2 Å². The third-order valence-corrected chi connectivity index (χ3v) is 3.36. The van der Waals surface area contributed by atoms with Crippen molar-refractivity contribution in [2.24, 2.45) is 5.73 Å². The van der Waals surface area contributed by atoms with Gasteiger partial charge in [0.15, 0.2) is 0 Å². The zero-order chi connectivity index (χ0) is 14.1. The van der Waals surface area contributed by atoms with Crippen molar-refractivity contribution in [1.82, 2.24) is 0 Å². The van der Waals surface area contributed by atoms with Gasteiger partial charge < -0.3 is 10.2 Å². The van der Waals surface area contributed by atoms with Gasteiger partial charge in [-0.15, -0.1) is 0 Å². The lowest BCUT2D eigenvalue weighted by Crippen LogP contribution is -2.14. The van der Waals surface area contributed by atoms with E-state index < -0.39 is 17.7 Å². The lowest BCUT2D eigenvalue weighted by molar-refractivity contribution is 0.567. The first-order valence-electron chi connectivity index (χ1n) is 6.31. The van der Waals surface area contributed by atoms with Crippen LogP contribution in [0, 0.1) is 11.6 Å². The summed E-state index contributed by atoms with van der Waals surface area (Å²) < 4.78 is 32.2. The molecule has 20 heavy (non-hydrogen) atoms. The van der Waals surface area contributed by atoms with E-state index in [1.54, 1.807) is 6.26 Å². The number of para-hydroxylation sites is 1. The number of rotatable bonds is 3. The maximum absolute atomic E-state index is 13.6. The van der Waals surface area contributed by atoms with Gasteiger partial charge >= 0.3 is 0 Å². The van der Waals surface area contributed by atoms with E-state index in [9.17, 15) is 8.78 Å². The van der Waals surface area contributed by atoms with E-state index in [0.29, 0.717) is 0 Å². The fourth-order valence-corrected chi connectivity index (χ4v) is 2.33. The van der Waals surface area contributed by atoms with Crippen molar-refractivity contribution in [2.75, 3.05) is 0 Å². The van der Waals surface area contributed by atoms with Crippen LogP contribution in [-0.2, 0) is 6.42 Å². The number of benzene rings is 2. The van der Waals surface area contributed by atoms with Gasteiger partial charge in [-0.2, -0.15) is 0 Å². The van der Waals surface area contributed by atoms with Crippen LogP contribution < -0.4 is 5.73 Å². The van der Waals surface area contributed by atoms with Crippen molar-refractivity contribution in [1.29, 1.82) is 0 Å². The van der Waals surface area contributed by atoms with Gasteiger partial charge in [-0.05, 0) is 36.2 Å². The molecule has 2 N–H and O–H groups in total. The minimum atomic E-state index is -0.467. The maximum atomic E-state index is 13.6. The van der Waals surface area contributed by atoms with Crippen molar-refractivity contribution in [3.63, 3.8) is 0 Å². The Morgan fingerprint density at radius 3 is 2.75 bits per heavy atom. The fraction of sp³-hybridized carbons (Fsp3) is 0.125. The molecular weight excluding hydrogens is 260 g/mol. The van der Waals surface area contributed by atoms with E-state index in [1.807, 2.05) is 24.3 Å². The number of hydrogen-bond acceptors (Lipinski definition) is 2. The van der Waals surface area contributed by atoms with Crippen LogP contribution in [0.4, 0.5) is 8.78 Å². The lowest BCUT2D eigenvalue weighted by Gasteiger charge is -2.11. The Morgan fingerprint density at radius 2 is 1.90 bits per heavy atom. The molecule has 0 radical (unpaired) electrons. The van der Waals surface area contributed by atoms with Crippen LogP contribution >= 0.6 is 0 Å². The molecule has 0 bridgehead atoms. The van der Waals surface area contributed by atoms with Gasteiger partial charge in [-0.25, -0.2) is 8.78 Å². The first-order valence-corrected chi connectivity index (χ1v) is 6.31. The molecule has 4 heteroatoms. The topological polar surface area (TPSA) is 39.2 Å². The molecule has 0 amide bonds. The van der Waals surface area contributed by atoms with E-state index in [-0.39, 0.29) is 12.0 Å². The van der Waals surface area contributed by atoms with Crippen LogP contribution in [0.5, 0.6) is 0 Å². The Labute approximate surface area is 114 Å². The minimum Gasteiger partial charge on any atom is -0.464 e. The van der Waals surface area contributed by atoms with E-state index in [1.165, 1.54) is 6.07 Å². The van der Waals surface area contributed by atoms with Gasteiger partial charge in [0.2, 0.25) is 0 Å². The number of furan rings is 1. The van der Waals surface area contributed by atoms with E-state index in [0.717, 1.165) is 28.7 Å². The van der Waals surface area contributed by atoms with Crippen LogP contribution in [0.25, 0.3) is 11.0 Å². The number of halogens is 2. The summed E-state index contributed by atoms with van der Waals surface area (Å²) in [5.74, 6) is -0.916. The lowest BCUT2D eigenvalue weighted by atomic mass is 9.99. The van der Waals surface area contributed by atoms with Crippen molar-refractivity contribution < 1.29 is 13.2 Å². The van der Waals surface area contributed by atoms with Gasteiger partial charge in [0.05, 0.1) is 6.26 Å². The molecule has 2 nitrogen and oxygen atoms in total. The summed E-state index contributed by atoms with van der Waals surface area (Å²) in [6, 6.07) is 10.4. The number of fused-ring (bicyclic) bond motifs is 1. The number of nitrogens with two attached hydrogens (primary N) is 1. The predicted octanol–water partition coefficient (Wildman–Crippen LogP) is 3.95. The average Bonchev–Trinajstić information content (AvgIpc) is 2.87. The first-order chi connectivity index (χ1) is 9.65. The summed E-state index contributed by atoms with van der Waals surface area (Å²) in [6.07, 6.45) is 1.79. The smallest absolute Gasteiger partial charge is 0.134 e. The monoisotopic (exact) mass is 273 g/mol. The van der Waals surface area contributed by atoms with Gasteiger partial charge in [0.25, 0.3) is 0 Å². The van der Waals surface area contributed by atoms with Crippen LogP contribution in [0.2, 0.25) is 0 Å². The molecule has 0 spiro atoms. The fourth-order valence-electron chi connectivity index (χ4n) is 2.33. The molecule has 1 aromatic heterocycles. The molecule has 3 aromatic rings. The Hall–Kier alpha value is -2.20. The van der Waals surface area contributed by atoms with E-state index >= 15 is 0 Å². The average molecular weight is 273 g/mol. The highest BCUT2D eigenvalue weighted by molar-refractivity contribution is 5.81. The Bertz CT molecular complexity index is 751. The Kier molecular flexibility index (Phi) is 3.24. The predicted molar refractivity (Wildman–Crippen MR) is 73.2 cm³/mol. The minimum absolute atomic E-state index is 0.215. The van der Waals surface area contributed by atoms with Crippen molar-refractivity contribution in [2.45, 2.75) is 12.5 Å². The number of hydrogen-bond donors (Lipinski definition) is 1. The summed E-state index contributed by atoms with van der Waals surface area (Å²) in [5, 5.41) is 0.900. The van der Waals surface area contributed by atoms with Crippen molar-refractivity contribution in [3.8, 4) is 0 Å². The highest BCUT2D eigenvalue weighted by Gasteiger charge is 2.15. The van der Waals surface area contributed by atoms with Gasteiger partial charge in [0.1, 0.15) is 17.2 Å². The van der Waals surface area contributed by atoms with Gasteiger partial charge in [-0.3, -0.25) is 0 Å². The molecule has 1 atom stereocenters. The molecule has 0 saturated carbocycles. The van der Waals surface area contributed by atoms with Crippen LogP contribution in [-0.4, -0.2) is 0 Å². The first kappa shape index (κ1) is 12.8. The molecule has 1 heterocycles. The molecule has 0 saturated heterocycles. The second-order valence-electron chi connectivity index (χ2n) is 4.73. The van der Waals surface area contributed by atoms with Crippen LogP contribution in [0.3, 0.4) is 0 Å². The molecule has 1 unspecified atom stereocenters. The largest absolute Gasteiger partial charge is 0.464 e. The second kappa shape index (κ2) is 5.06. The Morgan fingerprint density at radius 1 is 1.10 bits per heavy atom. The van der Waals surface area contributed by atoms with Gasteiger partial charge in [-0.1, -0.05) is 18.2 Å². The summed E-state index contributed by atoms with van der Waals surface area (Å²) in [6.45, 7) is 0. The van der Waals surface area contributed by atoms with Crippen LogP contribution in [0.15, 0.2) is 53.1 Å². The quantitative estimate of drug-likeness (QED) is 0.784. The van der Waals surface area contributed by atoms with Crippen molar-refractivity contribution >= 4 is 11.0 Å². The zero-order valence-electron chi connectivity index (χ0n) is 10.6. The summed E-state index contributed by atoms with van der Waals surface area (Å²) >= 11 is 0. The SMILES string of the molecule is NC(Cc1cc(F)ccc1F)c1coc2ccccc12. The maximum Gasteiger partial charge on any atom is 0.134 e. The summed E-state index contributed by atoms with van der Waals surface area (Å²) in [4.78, 5) is 0. The van der Waals surface area contributed by atoms with E-state index in [2.05, 4.69) is 0 Å². The second-order valence-corrected chi connectivity index (χ2v) is 4.73. The summed E-state index contributed by atoms with van der Waals surface area (Å²) in [7, 11) is 0. The standard InChI is InChI=1S/C16H13F2NO/c17-11-5-6-14(18)10(7-11)8-15(19)13-9-20-16-4-2-1-3-12(13)16/h1-7,9,15H,8,19H2. The van der Waals surface area contributed by atoms with Gasteiger partial charge in [0, 0.05) is 17.0 Å². The molecule has 0 aliphatic rings. The molecule has 3 rings (SSSR count). The molecular formula is C16H13F2NO. The summed E-state index contributed by atoms with van der Waals surface area (Å²) in [5.41, 5.74) is 7.90. The van der Waals surface area contributed by atoms with E-state index in [4.69, 9.17) is 10.2 Å². The third kappa shape index (κ3) is 2.30. The molecule has 2 aromatic carbocycles. The molecule has 0 fully saturated rings. The zero-order valence-corrected chi connectivity index (χ0v) is 10.6. The Balaban J connectivity index is 1.93. The molecule has 0 aliphatic carbocycles. The van der Waals surface area contributed by atoms with Crippen molar-refractivity contribution in [3.05, 3.63) is 71.5 Å². The molecule has 102 valence electrons.